The Balaban J connectivity index is 2.16. The minimum absolute atomic E-state index is 0.0158. The summed E-state index contributed by atoms with van der Waals surface area (Å²) < 4.78 is 90.3. The number of pyridine rings is 1. The van der Waals surface area contributed by atoms with Gasteiger partial charge < -0.3 is 9.47 Å². The topological polar surface area (TPSA) is 48.4 Å². The lowest BCUT2D eigenvalue weighted by Gasteiger charge is -2.31. The molecule has 2 rings (SSSR count). The van der Waals surface area contributed by atoms with Gasteiger partial charge in [-0.3, -0.25) is 0 Å². The molecule has 0 aliphatic carbocycles. The molecule has 0 N–H and O–H groups in total. The highest BCUT2D eigenvalue weighted by Crippen LogP contribution is 2.51. The van der Waals surface area contributed by atoms with Crippen LogP contribution in [0.25, 0.3) is 0 Å². The van der Waals surface area contributed by atoms with Crippen LogP contribution < -0.4 is 4.74 Å². The molecule has 1 heterocycles. The number of rotatable bonds is 7. The number of esters is 1. The highest BCUT2D eigenvalue weighted by atomic mass is 19.3. The third-order valence-corrected chi connectivity index (χ3v) is 3.63. The van der Waals surface area contributed by atoms with Crippen molar-refractivity contribution >= 4 is 5.97 Å². The SMILES string of the molecule is CCOC(=O)c1ccc(Oc2ccc(C(F)(F)C(F)(F)C(C)(F)F)cc2)nc1. The first kappa shape index (κ1) is 21.5. The smallest absolute Gasteiger partial charge is 0.375 e. The number of hydrogen-bond acceptors (Lipinski definition) is 4. The van der Waals surface area contributed by atoms with E-state index >= 15 is 0 Å². The maximum absolute atomic E-state index is 13.8. The number of alkyl halides is 6. The summed E-state index contributed by atoms with van der Waals surface area (Å²) in [7, 11) is 0. The molecule has 10 heteroatoms. The molecule has 0 aliphatic heterocycles. The minimum Gasteiger partial charge on any atom is -0.462 e. The number of carbonyl (C=O) groups excluding carboxylic acids is 1. The predicted molar refractivity (Wildman–Crippen MR) is 86.2 cm³/mol. The molecule has 0 aliphatic rings. The van der Waals surface area contributed by atoms with Crippen LogP contribution in [0.15, 0.2) is 42.6 Å². The van der Waals surface area contributed by atoms with E-state index < -0.39 is 29.3 Å². The Morgan fingerprint density at radius 1 is 1.00 bits per heavy atom. The first-order valence-electron chi connectivity index (χ1n) is 7.95. The molecule has 1 aromatic carbocycles. The van der Waals surface area contributed by atoms with Crippen LogP contribution in [0, 0.1) is 0 Å². The zero-order chi connectivity index (χ0) is 21.2. The van der Waals surface area contributed by atoms with Crippen molar-refractivity contribution in [2.45, 2.75) is 31.6 Å². The van der Waals surface area contributed by atoms with Gasteiger partial charge in [-0.15, -0.1) is 0 Å². The number of halogens is 6. The molecule has 0 unspecified atom stereocenters. The Labute approximate surface area is 156 Å². The summed E-state index contributed by atoms with van der Waals surface area (Å²) >= 11 is 0. The first-order valence-corrected chi connectivity index (χ1v) is 7.95. The molecule has 0 fully saturated rings. The minimum atomic E-state index is -5.58. The van der Waals surface area contributed by atoms with Crippen molar-refractivity contribution in [3.05, 3.63) is 53.7 Å². The van der Waals surface area contributed by atoms with Crippen LogP contribution in [-0.4, -0.2) is 29.4 Å². The lowest BCUT2D eigenvalue weighted by molar-refractivity contribution is -0.308. The lowest BCUT2D eigenvalue weighted by atomic mass is 9.98. The van der Waals surface area contributed by atoms with Crippen molar-refractivity contribution in [1.29, 1.82) is 0 Å². The Bertz CT molecular complexity index is 817. The van der Waals surface area contributed by atoms with E-state index in [1.54, 1.807) is 6.92 Å². The van der Waals surface area contributed by atoms with E-state index in [0.29, 0.717) is 12.1 Å². The van der Waals surface area contributed by atoms with Gasteiger partial charge in [0.1, 0.15) is 5.75 Å². The Morgan fingerprint density at radius 3 is 2.07 bits per heavy atom. The Kier molecular flexibility index (Phi) is 5.91. The van der Waals surface area contributed by atoms with Crippen LogP contribution in [0.5, 0.6) is 11.6 Å². The van der Waals surface area contributed by atoms with Gasteiger partial charge in [0.25, 0.3) is 0 Å². The Morgan fingerprint density at radius 2 is 1.61 bits per heavy atom. The van der Waals surface area contributed by atoms with Crippen LogP contribution in [-0.2, 0) is 10.7 Å². The number of aromatic nitrogens is 1. The molecule has 0 saturated carbocycles. The zero-order valence-corrected chi connectivity index (χ0v) is 14.7. The summed E-state index contributed by atoms with van der Waals surface area (Å²) in [5, 5.41) is 0. The van der Waals surface area contributed by atoms with Crippen LogP contribution in [0.2, 0.25) is 0 Å². The number of hydrogen-bond donors (Lipinski definition) is 0. The standard InChI is InChI=1S/C18H15F6NO3/c1-3-27-15(26)11-4-9-14(25-10-11)28-13-7-5-12(6-8-13)17(21,22)18(23,24)16(2,19)20/h4-10H,3H2,1-2H3. The zero-order valence-electron chi connectivity index (χ0n) is 14.7. The van der Waals surface area contributed by atoms with E-state index in [4.69, 9.17) is 9.47 Å². The van der Waals surface area contributed by atoms with E-state index in [2.05, 4.69) is 4.98 Å². The predicted octanol–water partition coefficient (Wildman–Crippen LogP) is 5.43. The van der Waals surface area contributed by atoms with Crippen molar-refractivity contribution in [3.63, 3.8) is 0 Å². The Hall–Kier alpha value is -2.78. The maximum atomic E-state index is 13.8. The number of nitrogens with zero attached hydrogens (tertiary/aromatic N) is 1. The maximum Gasteiger partial charge on any atom is 0.375 e. The number of carbonyl (C=O) groups is 1. The largest absolute Gasteiger partial charge is 0.462 e. The second-order valence-electron chi connectivity index (χ2n) is 5.77. The van der Waals surface area contributed by atoms with E-state index in [1.165, 1.54) is 18.3 Å². The molecule has 2 aromatic rings. The molecule has 4 nitrogen and oxygen atoms in total. The summed E-state index contributed by atoms with van der Waals surface area (Å²) in [5.74, 6) is -16.3. The van der Waals surface area contributed by atoms with Crippen LogP contribution in [0.4, 0.5) is 26.3 Å². The quantitative estimate of drug-likeness (QED) is 0.454. The molecule has 0 atom stereocenters. The van der Waals surface area contributed by atoms with Gasteiger partial charge in [0.05, 0.1) is 12.2 Å². The van der Waals surface area contributed by atoms with E-state index in [0.717, 1.165) is 12.1 Å². The summed E-state index contributed by atoms with van der Waals surface area (Å²) in [6.07, 6.45) is 1.17. The fourth-order valence-corrected chi connectivity index (χ4v) is 2.09. The fourth-order valence-electron chi connectivity index (χ4n) is 2.09. The second-order valence-corrected chi connectivity index (χ2v) is 5.77. The normalized spacial score (nSPS) is 12.6. The monoisotopic (exact) mass is 407 g/mol. The average Bonchev–Trinajstić information content (AvgIpc) is 2.62. The summed E-state index contributed by atoms with van der Waals surface area (Å²) in [4.78, 5) is 15.3. The van der Waals surface area contributed by atoms with Crippen LogP contribution in [0.3, 0.4) is 0 Å². The lowest BCUT2D eigenvalue weighted by Crippen LogP contribution is -2.50. The van der Waals surface area contributed by atoms with E-state index in [9.17, 15) is 31.1 Å². The van der Waals surface area contributed by atoms with Gasteiger partial charge in [0.15, 0.2) is 0 Å². The van der Waals surface area contributed by atoms with Gasteiger partial charge in [-0.1, -0.05) is 0 Å². The van der Waals surface area contributed by atoms with Crippen molar-refractivity contribution in [2.75, 3.05) is 6.61 Å². The third-order valence-electron chi connectivity index (χ3n) is 3.63. The first-order chi connectivity index (χ1) is 12.9. The molecule has 0 saturated heterocycles. The highest BCUT2D eigenvalue weighted by molar-refractivity contribution is 5.89. The number of benzene rings is 1. The van der Waals surface area contributed by atoms with Crippen molar-refractivity contribution < 1.29 is 40.6 Å². The molecular weight excluding hydrogens is 392 g/mol. The molecule has 0 amide bonds. The van der Waals surface area contributed by atoms with Gasteiger partial charge in [-0.2, -0.15) is 26.3 Å². The highest BCUT2D eigenvalue weighted by Gasteiger charge is 2.69. The van der Waals surface area contributed by atoms with Gasteiger partial charge >= 0.3 is 23.7 Å². The van der Waals surface area contributed by atoms with Crippen LogP contribution >= 0.6 is 0 Å². The van der Waals surface area contributed by atoms with Crippen LogP contribution in [0.1, 0.15) is 29.8 Å². The number of ether oxygens (including phenoxy) is 2. The van der Waals surface area contributed by atoms with Crippen molar-refractivity contribution in [1.82, 2.24) is 4.98 Å². The molecule has 0 spiro atoms. The molecule has 152 valence electrons. The van der Waals surface area contributed by atoms with Crippen molar-refractivity contribution in [2.24, 2.45) is 0 Å². The second kappa shape index (κ2) is 7.69. The van der Waals surface area contributed by atoms with Gasteiger partial charge in [0, 0.05) is 24.8 Å². The summed E-state index contributed by atoms with van der Waals surface area (Å²) in [6, 6.07) is 5.60. The van der Waals surface area contributed by atoms with Crippen molar-refractivity contribution in [3.8, 4) is 11.6 Å². The summed E-state index contributed by atoms with van der Waals surface area (Å²) in [6.45, 7) is 1.54. The third kappa shape index (κ3) is 4.20. The van der Waals surface area contributed by atoms with E-state index in [-0.39, 0.29) is 30.7 Å². The van der Waals surface area contributed by atoms with Gasteiger partial charge in [-0.25, -0.2) is 9.78 Å². The molecule has 0 bridgehead atoms. The van der Waals surface area contributed by atoms with Gasteiger partial charge in [0.2, 0.25) is 5.88 Å². The molecular formula is C18H15F6NO3. The molecule has 0 radical (unpaired) electrons. The fraction of sp³-hybridized carbons (Fsp3) is 0.333. The summed E-state index contributed by atoms with van der Waals surface area (Å²) in [5.41, 5.74) is -1.14. The van der Waals surface area contributed by atoms with Gasteiger partial charge in [-0.05, 0) is 37.3 Å². The van der Waals surface area contributed by atoms with E-state index in [1.807, 2.05) is 0 Å². The average molecular weight is 407 g/mol. The molecule has 28 heavy (non-hydrogen) atoms. The molecule has 1 aromatic heterocycles.